The molecule has 4 rings (SSSR count). The van der Waals surface area contributed by atoms with E-state index in [1.54, 1.807) is 49.5 Å². The molecule has 1 fully saturated rings. The van der Waals surface area contributed by atoms with Gasteiger partial charge in [-0.2, -0.15) is 4.31 Å². The van der Waals surface area contributed by atoms with Crippen LogP contribution in [-0.2, 0) is 14.8 Å². The Labute approximate surface area is 201 Å². The average Bonchev–Trinajstić information content (AvgIpc) is 2.79. The number of pyridine rings is 1. The molecule has 34 heavy (non-hydrogen) atoms. The third-order valence-electron chi connectivity index (χ3n) is 6.95. The lowest BCUT2D eigenvalue weighted by atomic mass is 9.84. The number of carbonyl (C=O) groups excluding carboxylic acids is 1. The quantitative estimate of drug-likeness (QED) is 0.673. The highest BCUT2D eigenvalue weighted by Crippen LogP contribution is 2.36. The maximum atomic E-state index is 13.6. The van der Waals surface area contributed by atoms with Crippen LogP contribution >= 0.6 is 0 Å². The lowest BCUT2D eigenvalue weighted by Crippen LogP contribution is -2.50. The second kappa shape index (κ2) is 10.0. The first-order valence-electron chi connectivity index (χ1n) is 11.8. The molecular weight excluding hydrogens is 454 g/mol. The third kappa shape index (κ3) is 4.82. The topological polar surface area (TPSA) is 100 Å². The molecule has 0 spiro atoms. The Hall–Kier alpha value is -2.49. The normalized spacial score (nSPS) is 23.5. The van der Waals surface area contributed by atoms with Gasteiger partial charge in [0, 0.05) is 49.4 Å². The van der Waals surface area contributed by atoms with Crippen LogP contribution in [0.3, 0.4) is 0 Å². The Morgan fingerprint density at radius 1 is 1.29 bits per heavy atom. The number of carbonyl (C=O) groups is 1. The summed E-state index contributed by atoms with van der Waals surface area (Å²) in [5.41, 5.74) is 1.63. The van der Waals surface area contributed by atoms with E-state index in [1.807, 2.05) is 19.1 Å². The summed E-state index contributed by atoms with van der Waals surface area (Å²) in [5, 5.41) is 9.79. The highest BCUT2D eigenvalue weighted by molar-refractivity contribution is 7.89. The molecule has 2 aromatic rings. The van der Waals surface area contributed by atoms with Gasteiger partial charge in [0.05, 0.1) is 13.2 Å². The number of rotatable bonds is 6. The van der Waals surface area contributed by atoms with E-state index in [0.717, 1.165) is 30.4 Å². The monoisotopic (exact) mass is 487 g/mol. The molecule has 184 valence electrons. The summed E-state index contributed by atoms with van der Waals surface area (Å²) < 4.78 is 34.9. The Morgan fingerprint density at radius 3 is 2.68 bits per heavy atom. The summed E-state index contributed by atoms with van der Waals surface area (Å²) in [6, 6.07) is 8.15. The predicted molar refractivity (Wildman–Crippen MR) is 129 cm³/mol. The van der Waals surface area contributed by atoms with E-state index in [1.165, 1.54) is 4.31 Å². The zero-order chi connectivity index (χ0) is 24.5. The van der Waals surface area contributed by atoms with Crippen molar-refractivity contribution in [2.75, 3.05) is 26.7 Å². The summed E-state index contributed by atoms with van der Waals surface area (Å²) >= 11 is 0. The molecule has 8 nitrogen and oxygen atoms in total. The van der Waals surface area contributed by atoms with Crippen LogP contribution in [0.1, 0.15) is 33.1 Å². The number of hydrogen-bond donors (Lipinski definition) is 1. The Kier molecular flexibility index (Phi) is 7.25. The standard InChI is InChI=1S/C25H33N3O5S/c1-17-14-28(18(2)16-29)34(31,32)24-10-9-20(21-8-5-11-26-13-21)12-22(24)33-23(17)15-27(3)25(30)19-6-4-7-19/h5,8-13,17-19,23,29H,4,6-7,14-16H2,1-3H3/t17-,18+,23+/m1/s1. The van der Waals surface area contributed by atoms with E-state index in [0.29, 0.717) is 6.54 Å². The summed E-state index contributed by atoms with van der Waals surface area (Å²) in [5.74, 6) is 0.222. The first kappa shape index (κ1) is 24.6. The van der Waals surface area contributed by atoms with Crippen LogP contribution in [0.4, 0.5) is 0 Å². The van der Waals surface area contributed by atoms with Crippen molar-refractivity contribution in [3.05, 3.63) is 42.7 Å². The molecule has 9 heteroatoms. The van der Waals surface area contributed by atoms with E-state index in [2.05, 4.69) is 4.98 Å². The van der Waals surface area contributed by atoms with Crippen molar-refractivity contribution in [3.8, 4) is 16.9 Å². The van der Waals surface area contributed by atoms with Gasteiger partial charge in [-0.05, 0) is 43.5 Å². The molecule has 1 aromatic carbocycles. The predicted octanol–water partition coefficient (Wildman–Crippen LogP) is 2.78. The molecule has 1 aliphatic heterocycles. The van der Waals surface area contributed by atoms with Crippen molar-refractivity contribution in [1.82, 2.24) is 14.2 Å². The Bertz CT molecular complexity index is 1120. The van der Waals surface area contributed by atoms with Crippen LogP contribution in [-0.4, -0.2) is 72.5 Å². The maximum Gasteiger partial charge on any atom is 0.247 e. The largest absolute Gasteiger partial charge is 0.487 e. The van der Waals surface area contributed by atoms with Crippen molar-refractivity contribution in [1.29, 1.82) is 0 Å². The second-order valence-electron chi connectivity index (χ2n) is 9.49. The van der Waals surface area contributed by atoms with Gasteiger partial charge in [-0.25, -0.2) is 8.42 Å². The van der Waals surface area contributed by atoms with Gasteiger partial charge in [0.25, 0.3) is 0 Å². The van der Waals surface area contributed by atoms with Crippen molar-refractivity contribution in [2.24, 2.45) is 11.8 Å². The number of ether oxygens (including phenoxy) is 1. The molecule has 1 N–H and O–H groups in total. The number of likely N-dealkylation sites (N-methyl/N-ethyl adjacent to an activating group) is 1. The number of nitrogens with zero attached hydrogens (tertiary/aromatic N) is 3. The number of hydrogen-bond acceptors (Lipinski definition) is 6. The second-order valence-corrected chi connectivity index (χ2v) is 11.3. The van der Waals surface area contributed by atoms with Crippen molar-refractivity contribution in [2.45, 2.75) is 50.2 Å². The minimum atomic E-state index is -3.91. The van der Waals surface area contributed by atoms with E-state index in [-0.39, 0.29) is 41.5 Å². The molecule has 1 aromatic heterocycles. The SMILES string of the molecule is C[C@@H]1CN([C@@H](C)CO)S(=O)(=O)c2ccc(-c3cccnc3)cc2O[C@H]1CN(C)C(=O)C1CCC1. The smallest absolute Gasteiger partial charge is 0.247 e. The van der Waals surface area contributed by atoms with E-state index in [4.69, 9.17) is 4.74 Å². The first-order valence-corrected chi connectivity index (χ1v) is 13.2. The van der Waals surface area contributed by atoms with Crippen LogP contribution in [0.5, 0.6) is 5.75 Å². The molecule has 1 amide bonds. The van der Waals surface area contributed by atoms with Crippen LogP contribution in [0.25, 0.3) is 11.1 Å². The van der Waals surface area contributed by atoms with E-state index in [9.17, 15) is 18.3 Å². The minimum Gasteiger partial charge on any atom is -0.487 e. The molecule has 2 aliphatic rings. The van der Waals surface area contributed by atoms with Crippen LogP contribution in [0, 0.1) is 11.8 Å². The fourth-order valence-electron chi connectivity index (χ4n) is 4.48. The number of aromatic nitrogens is 1. The van der Waals surface area contributed by atoms with Crippen LogP contribution in [0.15, 0.2) is 47.6 Å². The fourth-order valence-corrected chi connectivity index (χ4v) is 6.31. The molecule has 1 aliphatic carbocycles. The van der Waals surface area contributed by atoms with Gasteiger partial charge in [-0.15, -0.1) is 0 Å². The zero-order valence-corrected chi connectivity index (χ0v) is 20.7. The zero-order valence-electron chi connectivity index (χ0n) is 19.9. The molecule has 1 saturated carbocycles. The summed E-state index contributed by atoms with van der Waals surface area (Å²) in [7, 11) is -2.13. The number of fused-ring (bicyclic) bond motifs is 1. The first-order chi connectivity index (χ1) is 16.2. The van der Waals surface area contributed by atoms with Gasteiger partial charge >= 0.3 is 0 Å². The van der Waals surface area contributed by atoms with E-state index >= 15 is 0 Å². The molecule has 0 saturated heterocycles. The van der Waals surface area contributed by atoms with Gasteiger partial charge in [-0.1, -0.05) is 25.5 Å². The van der Waals surface area contributed by atoms with Crippen molar-refractivity contribution >= 4 is 15.9 Å². The molecule has 0 radical (unpaired) electrons. The maximum absolute atomic E-state index is 13.6. The summed E-state index contributed by atoms with van der Waals surface area (Å²) in [6.45, 7) is 3.87. The molecule has 0 bridgehead atoms. The molecule has 0 unspecified atom stereocenters. The Morgan fingerprint density at radius 2 is 2.06 bits per heavy atom. The lowest BCUT2D eigenvalue weighted by Gasteiger charge is -2.38. The number of amides is 1. The number of aliphatic hydroxyl groups is 1. The lowest BCUT2D eigenvalue weighted by molar-refractivity contribution is -0.138. The number of sulfonamides is 1. The van der Waals surface area contributed by atoms with Gasteiger partial charge in [0.1, 0.15) is 16.7 Å². The van der Waals surface area contributed by atoms with Gasteiger partial charge in [0.2, 0.25) is 15.9 Å². The minimum absolute atomic E-state index is 0.0605. The summed E-state index contributed by atoms with van der Waals surface area (Å²) in [6.07, 6.45) is 5.89. The van der Waals surface area contributed by atoms with Crippen LogP contribution < -0.4 is 4.74 Å². The van der Waals surface area contributed by atoms with Crippen LogP contribution in [0.2, 0.25) is 0 Å². The van der Waals surface area contributed by atoms with Crippen molar-refractivity contribution in [3.63, 3.8) is 0 Å². The molecule has 2 heterocycles. The van der Waals surface area contributed by atoms with E-state index < -0.39 is 22.2 Å². The Balaban J connectivity index is 1.74. The number of benzene rings is 1. The van der Waals surface area contributed by atoms with Gasteiger partial charge in [0.15, 0.2) is 0 Å². The third-order valence-corrected chi connectivity index (χ3v) is 8.97. The molecular formula is C25H33N3O5S. The molecule has 3 atom stereocenters. The van der Waals surface area contributed by atoms with Gasteiger partial charge in [-0.3, -0.25) is 9.78 Å². The van der Waals surface area contributed by atoms with Gasteiger partial charge < -0.3 is 14.7 Å². The van der Waals surface area contributed by atoms with Crippen molar-refractivity contribution < 1.29 is 23.1 Å². The summed E-state index contributed by atoms with van der Waals surface area (Å²) in [4.78, 5) is 18.7. The highest BCUT2D eigenvalue weighted by atomic mass is 32.2. The average molecular weight is 488 g/mol. The number of aliphatic hydroxyl groups excluding tert-OH is 1. The fraction of sp³-hybridized carbons (Fsp3) is 0.520. The highest BCUT2D eigenvalue weighted by Gasteiger charge is 2.39.